The standard InChI is InChI=1S/C10H7ClN2O2S/c11-9-7(5-8(14)15)13-10(16-9)6-1-3-12-4-2-6/h1-4H,5H2,(H,14,15). The van der Waals surface area contributed by atoms with E-state index in [2.05, 4.69) is 9.97 Å². The molecule has 2 heterocycles. The Morgan fingerprint density at radius 2 is 2.12 bits per heavy atom. The molecule has 0 aliphatic rings. The van der Waals surface area contributed by atoms with E-state index in [-0.39, 0.29) is 6.42 Å². The molecular formula is C10H7ClN2O2S. The van der Waals surface area contributed by atoms with Gasteiger partial charge in [0, 0.05) is 18.0 Å². The molecule has 16 heavy (non-hydrogen) atoms. The summed E-state index contributed by atoms with van der Waals surface area (Å²) in [5.74, 6) is -0.937. The number of hydrogen-bond acceptors (Lipinski definition) is 4. The van der Waals surface area contributed by atoms with Crippen molar-refractivity contribution >= 4 is 28.9 Å². The third kappa shape index (κ3) is 2.37. The second-order valence-corrected chi connectivity index (χ2v) is 4.65. The van der Waals surface area contributed by atoms with Gasteiger partial charge in [0.05, 0.1) is 12.1 Å². The molecule has 2 rings (SSSR count). The van der Waals surface area contributed by atoms with Gasteiger partial charge in [-0.2, -0.15) is 0 Å². The summed E-state index contributed by atoms with van der Waals surface area (Å²) >= 11 is 7.19. The Bertz CT molecular complexity index is 513. The normalized spacial score (nSPS) is 10.3. The zero-order valence-electron chi connectivity index (χ0n) is 8.05. The number of pyridine rings is 1. The quantitative estimate of drug-likeness (QED) is 0.914. The number of aromatic nitrogens is 2. The minimum absolute atomic E-state index is 0.152. The molecule has 0 fully saturated rings. The summed E-state index contributed by atoms with van der Waals surface area (Å²) in [6.45, 7) is 0. The van der Waals surface area contributed by atoms with Gasteiger partial charge in [-0.1, -0.05) is 11.6 Å². The number of hydrogen-bond donors (Lipinski definition) is 1. The fraction of sp³-hybridized carbons (Fsp3) is 0.100. The highest BCUT2D eigenvalue weighted by Crippen LogP contribution is 2.31. The molecule has 0 unspecified atom stereocenters. The topological polar surface area (TPSA) is 63.1 Å². The van der Waals surface area contributed by atoms with Crippen LogP contribution in [0.15, 0.2) is 24.5 Å². The Hall–Kier alpha value is -1.46. The van der Waals surface area contributed by atoms with E-state index in [0.29, 0.717) is 15.0 Å². The molecule has 4 nitrogen and oxygen atoms in total. The third-order valence-electron chi connectivity index (χ3n) is 1.90. The Kier molecular flexibility index (Phi) is 3.17. The van der Waals surface area contributed by atoms with Crippen LogP contribution < -0.4 is 0 Å². The van der Waals surface area contributed by atoms with Crippen LogP contribution in [-0.2, 0) is 11.2 Å². The lowest BCUT2D eigenvalue weighted by Gasteiger charge is -1.92. The van der Waals surface area contributed by atoms with Crippen LogP contribution in [0.3, 0.4) is 0 Å². The highest BCUT2D eigenvalue weighted by atomic mass is 35.5. The second-order valence-electron chi connectivity index (χ2n) is 3.05. The minimum Gasteiger partial charge on any atom is -0.481 e. The first-order chi connectivity index (χ1) is 7.66. The lowest BCUT2D eigenvalue weighted by molar-refractivity contribution is -0.136. The Balaban J connectivity index is 2.34. The van der Waals surface area contributed by atoms with E-state index in [9.17, 15) is 4.79 Å². The van der Waals surface area contributed by atoms with Gasteiger partial charge >= 0.3 is 5.97 Å². The van der Waals surface area contributed by atoms with Gasteiger partial charge in [0.15, 0.2) is 0 Å². The Labute approximate surface area is 101 Å². The predicted molar refractivity (Wildman–Crippen MR) is 61.7 cm³/mol. The van der Waals surface area contributed by atoms with Gasteiger partial charge in [-0.3, -0.25) is 9.78 Å². The summed E-state index contributed by atoms with van der Waals surface area (Å²) in [7, 11) is 0. The zero-order chi connectivity index (χ0) is 11.5. The number of nitrogens with zero attached hydrogens (tertiary/aromatic N) is 2. The monoisotopic (exact) mass is 254 g/mol. The van der Waals surface area contributed by atoms with Crippen LogP contribution in [0.5, 0.6) is 0 Å². The van der Waals surface area contributed by atoms with Gasteiger partial charge in [0.1, 0.15) is 9.34 Å². The van der Waals surface area contributed by atoms with Crippen LogP contribution in [0.1, 0.15) is 5.69 Å². The van der Waals surface area contributed by atoms with Crippen LogP contribution in [0.25, 0.3) is 10.6 Å². The number of rotatable bonds is 3. The van der Waals surface area contributed by atoms with Crippen LogP contribution in [0.4, 0.5) is 0 Å². The molecule has 0 aliphatic heterocycles. The first-order valence-corrected chi connectivity index (χ1v) is 5.63. The van der Waals surface area contributed by atoms with Crippen molar-refractivity contribution in [3.05, 3.63) is 34.6 Å². The molecule has 2 aromatic heterocycles. The Morgan fingerprint density at radius 1 is 1.44 bits per heavy atom. The maximum atomic E-state index is 10.6. The van der Waals surface area contributed by atoms with Gasteiger partial charge in [0.25, 0.3) is 0 Å². The van der Waals surface area contributed by atoms with Crippen LogP contribution >= 0.6 is 22.9 Å². The SMILES string of the molecule is O=C(O)Cc1nc(-c2ccncc2)sc1Cl. The molecule has 0 aliphatic carbocycles. The van der Waals surface area contributed by atoms with Crippen molar-refractivity contribution in [2.45, 2.75) is 6.42 Å². The van der Waals surface area contributed by atoms with Gasteiger partial charge in [-0.05, 0) is 12.1 Å². The molecule has 0 saturated carbocycles. The van der Waals surface area contributed by atoms with E-state index in [1.165, 1.54) is 11.3 Å². The summed E-state index contributed by atoms with van der Waals surface area (Å²) in [5.41, 5.74) is 1.30. The summed E-state index contributed by atoms with van der Waals surface area (Å²) < 4.78 is 0.425. The maximum absolute atomic E-state index is 10.6. The lowest BCUT2D eigenvalue weighted by atomic mass is 10.3. The fourth-order valence-electron chi connectivity index (χ4n) is 1.20. The molecule has 0 spiro atoms. The van der Waals surface area contributed by atoms with Crippen LogP contribution in [-0.4, -0.2) is 21.0 Å². The average Bonchev–Trinajstić information content (AvgIpc) is 2.61. The largest absolute Gasteiger partial charge is 0.481 e. The lowest BCUT2D eigenvalue weighted by Crippen LogP contribution is -2.00. The van der Waals surface area contributed by atoms with Crippen molar-refractivity contribution in [1.82, 2.24) is 9.97 Å². The highest BCUT2D eigenvalue weighted by Gasteiger charge is 2.13. The average molecular weight is 255 g/mol. The highest BCUT2D eigenvalue weighted by molar-refractivity contribution is 7.19. The molecule has 1 N–H and O–H groups in total. The summed E-state index contributed by atoms with van der Waals surface area (Å²) in [4.78, 5) is 18.7. The van der Waals surface area contributed by atoms with E-state index >= 15 is 0 Å². The smallest absolute Gasteiger partial charge is 0.309 e. The molecule has 0 atom stereocenters. The molecule has 82 valence electrons. The molecular weight excluding hydrogens is 248 g/mol. The maximum Gasteiger partial charge on any atom is 0.309 e. The zero-order valence-corrected chi connectivity index (χ0v) is 9.63. The number of thiazole rings is 1. The van der Waals surface area contributed by atoms with Gasteiger partial charge in [-0.15, -0.1) is 11.3 Å². The minimum atomic E-state index is -0.937. The molecule has 0 radical (unpaired) electrons. The van der Waals surface area contributed by atoms with Crippen molar-refractivity contribution in [2.24, 2.45) is 0 Å². The summed E-state index contributed by atoms with van der Waals surface area (Å²) in [6, 6.07) is 3.61. The van der Waals surface area contributed by atoms with Gasteiger partial charge < -0.3 is 5.11 Å². The Morgan fingerprint density at radius 3 is 2.75 bits per heavy atom. The number of aliphatic carboxylic acids is 1. The van der Waals surface area contributed by atoms with Crippen molar-refractivity contribution in [1.29, 1.82) is 0 Å². The number of carbonyl (C=O) groups is 1. The van der Waals surface area contributed by atoms with Crippen LogP contribution in [0, 0.1) is 0 Å². The van der Waals surface area contributed by atoms with Crippen molar-refractivity contribution < 1.29 is 9.90 Å². The summed E-state index contributed by atoms with van der Waals surface area (Å²) in [5, 5.41) is 9.38. The summed E-state index contributed by atoms with van der Waals surface area (Å²) in [6.07, 6.45) is 3.16. The fourth-order valence-corrected chi connectivity index (χ4v) is 2.35. The van der Waals surface area contributed by atoms with Gasteiger partial charge in [0.2, 0.25) is 0 Å². The first-order valence-electron chi connectivity index (χ1n) is 4.44. The van der Waals surface area contributed by atoms with E-state index in [1.807, 2.05) is 0 Å². The third-order valence-corrected chi connectivity index (χ3v) is 3.28. The number of carboxylic acid groups (broad SMARTS) is 1. The van der Waals surface area contributed by atoms with E-state index in [4.69, 9.17) is 16.7 Å². The van der Waals surface area contributed by atoms with Crippen molar-refractivity contribution in [3.8, 4) is 10.6 Å². The number of carboxylic acids is 1. The molecule has 0 aromatic carbocycles. The van der Waals surface area contributed by atoms with Gasteiger partial charge in [-0.25, -0.2) is 4.98 Å². The first kappa shape index (κ1) is 11.0. The molecule has 0 bridgehead atoms. The van der Waals surface area contributed by atoms with Crippen molar-refractivity contribution in [3.63, 3.8) is 0 Å². The van der Waals surface area contributed by atoms with E-state index in [0.717, 1.165) is 5.56 Å². The predicted octanol–water partition coefficient (Wildman–Crippen LogP) is 2.49. The molecule has 2 aromatic rings. The second kappa shape index (κ2) is 4.59. The van der Waals surface area contributed by atoms with E-state index in [1.54, 1.807) is 24.5 Å². The number of halogens is 1. The molecule has 0 saturated heterocycles. The van der Waals surface area contributed by atoms with Crippen molar-refractivity contribution in [2.75, 3.05) is 0 Å². The van der Waals surface area contributed by atoms with E-state index < -0.39 is 5.97 Å². The molecule has 6 heteroatoms. The molecule has 0 amide bonds. The van der Waals surface area contributed by atoms with Crippen LogP contribution in [0.2, 0.25) is 4.34 Å².